The Hall–Kier alpha value is -3.59. The summed E-state index contributed by atoms with van der Waals surface area (Å²) >= 11 is 0. The molecule has 4 rings (SSSR count). The zero-order valence-electron chi connectivity index (χ0n) is 17.3. The zero-order chi connectivity index (χ0) is 22.2. The monoisotopic (exact) mass is 419 g/mol. The second-order valence-corrected chi connectivity index (χ2v) is 8.00. The second-order valence-electron chi connectivity index (χ2n) is 8.00. The molecule has 1 heterocycles. The number of nitrogens with zero attached hydrogens (tertiary/aromatic N) is 3. The fraction of sp³-hybridized carbons (Fsp3) is 0.318. The van der Waals surface area contributed by atoms with Crippen LogP contribution in [0.15, 0.2) is 36.4 Å². The van der Waals surface area contributed by atoms with Crippen LogP contribution in [0.4, 0.5) is 0 Å². The van der Waals surface area contributed by atoms with E-state index < -0.39 is 17.2 Å². The molecule has 7 N–H and O–H groups in total. The Morgan fingerprint density at radius 1 is 1.03 bits per heavy atom. The number of amides is 2. The molecule has 0 saturated heterocycles. The van der Waals surface area contributed by atoms with Crippen LogP contribution in [0.1, 0.15) is 68.6 Å². The Morgan fingerprint density at radius 2 is 1.58 bits per heavy atom. The van der Waals surface area contributed by atoms with Gasteiger partial charge in [-0.1, -0.05) is 19.1 Å². The molecule has 1 aromatic heterocycles. The number of carbonyl (C=O) groups is 2. The van der Waals surface area contributed by atoms with E-state index in [1.165, 1.54) is 0 Å². The number of nitrogens with one attached hydrogen (secondary N) is 1. The maximum Gasteiger partial charge on any atom is 0.248 e. The fourth-order valence-corrected chi connectivity index (χ4v) is 4.60. The molecule has 0 aliphatic heterocycles. The van der Waals surface area contributed by atoms with Gasteiger partial charge in [0.15, 0.2) is 5.82 Å². The highest BCUT2D eigenvalue weighted by atomic mass is 16.1. The Bertz CT molecular complexity index is 1080. The number of benzene rings is 2. The molecule has 0 bridgehead atoms. The van der Waals surface area contributed by atoms with E-state index in [-0.39, 0.29) is 6.04 Å². The van der Waals surface area contributed by atoms with E-state index >= 15 is 0 Å². The van der Waals surface area contributed by atoms with Crippen molar-refractivity contribution in [1.29, 1.82) is 0 Å². The van der Waals surface area contributed by atoms with Crippen molar-refractivity contribution in [2.45, 2.75) is 44.1 Å². The lowest BCUT2D eigenvalue weighted by Crippen LogP contribution is -2.39. The van der Waals surface area contributed by atoms with Crippen molar-refractivity contribution in [3.63, 3.8) is 0 Å². The van der Waals surface area contributed by atoms with Crippen molar-refractivity contribution in [1.82, 2.24) is 20.6 Å². The van der Waals surface area contributed by atoms with E-state index in [1.807, 2.05) is 31.2 Å². The van der Waals surface area contributed by atoms with Crippen molar-refractivity contribution in [3.8, 4) is 0 Å². The van der Waals surface area contributed by atoms with E-state index in [0.717, 1.165) is 28.7 Å². The van der Waals surface area contributed by atoms with Crippen LogP contribution >= 0.6 is 0 Å². The highest BCUT2D eigenvalue weighted by Crippen LogP contribution is 2.46. The summed E-state index contributed by atoms with van der Waals surface area (Å²) in [5.74, 6) is -0.421. The number of aryl methyl sites for hydroxylation is 2. The molecular formula is C22H25N7O2. The second kappa shape index (κ2) is 7.92. The van der Waals surface area contributed by atoms with Gasteiger partial charge in [0.2, 0.25) is 11.8 Å². The SMILES string of the molecule is CC[C@@H](N)CC1(c2nnn[nH]2)c2ccc(C(N)=O)cc2CCc2cc(C(N)=O)ccc21. The molecule has 160 valence electrons. The molecule has 9 heteroatoms. The molecule has 3 aromatic rings. The Labute approximate surface area is 179 Å². The van der Waals surface area contributed by atoms with Crippen molar-refractivity contribution in [3.05, 3.63) is 75.6 Å². The number of H-pyrrole nitrogens is 1. The first-order valence-corrected chi connectivity index (χ1v) is 10.2. The summed E-state index contributed by atoms with van der Waals surface area (Å²) in [5, 5.41) is 14.9. The van der Waals surface area contributed by atoms with Gasteiger partial charge in [0.05, 0.1) is 5.41 Å². The smallest absolute Gasteiger partial charge is 0.248 e. The lowest BCUT2D eigenvalue weighted by Gasteiger charge is -2.36. The summed E-state index contributed by atoms with van der Waals surface area (Å²) in [6, 6.07) is 10.8. The number of hydrogen-bond donors (Lipinski definition) is 4. The summed E-state index contributed by atoms with van der Waals surface area (Å²) in [7, 11) is 0. The third-order valence-electron chi connectivity index (χ3n) is 6.21. The molecule has 0 spiro atoms. The molecule has 2 aromatic carbocycles. The van der Waals surface area contributed by atoms with Crippen molar-refractivity contribution < 1.29 is 9.59 Å². The standard InChI is InChI=1S/C22H25N7O2/c1-2-16(23)11-22(21-26-28-29-27-21)17-7-5-14(19(24)30)9-12(17)3-4-13-10-15(20(25)31)6-8-18(13)22/h5-10,16H,2-4,11,23H2,1H3,(H2,24,30)(H2,25,31)(H,26,27,28,29)/t16-/m1/s1. The summed E-state index contributed by atoms with van der Waals surface area (Å²) in [6.45, 7) is 2.03. The van der Waals surface area contributed by atoms with E-state index in [9.17, 15) is 9.59 Å². The molecular weight excluding hydrogens is 394 g/mol. The largest absolute Gasteiger partial charge is 0.366 e. The molecule has 0 unspecified atom stereocenters. The highest BCUT2D eigenvalue weighted by molar-refractivity contribution is 5.94. The third kappa shape index (κ3) is 3.46. The molecule has 1 atom stereocenters. The number of nitrogens with two attached hydrogens (primary N) is 3. The van der Waals surface area contributed by atoms with Crippen LogP contribution in [-0.2, 0) is 18.3 Å². The number of primary amides is 2. The van der Waals surface area contributed by atoms with E-state index in [2.05, 4.69) is 20.6 Å². The Morgan fingerprint density at radius 3 is 2.00 bits per heavy atom. The number of fused-ring (bicyclic) bond motifs is 2. The summed E-state index contributed by atoms with van der Waals surface area (Å²) in [4.78, 5) is 23.7. The van der Waals surface area contributed by atoms with Gasteiger partial charge in [0, 0.05) is 17.2 Å². The first-order valence-electron chi connectivity index (χ1n) is 10.2. The maximum absolute atomic E-state index is 11.8. The van der Waals surface area contributed by atoms with Crippen LogP contribution in [-0.4, -0.2) is 38.5 Å². The van der Waals surface area contributed by atoms with Crippen LogP contribution in [0.5, 0.6) is 0 Å². The van der Waals surface area contributed by atoms with Crippen LogP contribution in [0.2, 0.25) is 0 Å². The molecule has 31 heavy (non-hydrogen) atoms. The highest BCUT2D eigenvalue weighted by Gasteiger charge is 2.45. The Balaban J connectivity index is 2.06. The van der Waals surface area contributed by atoms with Gasteiger partial charge >= 0.3 is 0 Å². The number of tetrazole rings is 1. The minimum absolute atomic E-state index is 0.143. The average Bonchev–Trinajstić information content (AvgIpc) is 3.27. The van der Waals surface area contributed by atoms with Gasteiger partial charge in [-0.2, -0.15) is 0 Å². The van der Waals surface area contributed by atoms with Crippen LogP contribution in [0.25, 0.3) is 0 Å². The number of carbonyl (C=O) groups excluding carboxylic acids is 2. The lowest BCUT2D eigenvalue weighted by molar-refractivity contribution is 0.0991. The molecule has 2 amide bonds. The van der Waals surface area contributed by atoms with Gasteiger partial charge in [-0.25, -0.2) is 5.10 Å². The summed E-state index contributed by atoms with van der Waals surface area (Å²) < 4.78 is 0. The van der Waals surface area contributed by atoms with Crippen LogP contribution in [0, 0.1) is 0 Å². The van der Waals surface area contributed by atoms with Gasteiger partial charge in [-0.05, 0) is 82.6 Å². The number of aromatic amines is 1. The lowest BCUT2D eigenvalue weighted by atomic mass is 9.67. The van der Waals surface area contributed by atoms with E-state index in [0.29, 0.717) is 36.2 Å². The molecule has 0 radical (unpaired) electrons. The normalized spacial score (nSPS) is 15.4. The number of aromatic nitrogens is 4. The zero-order valence-corrected chi connectivity index (χ0v) is 17.3. The van der Waals surface area contributed by atoms with Crippen LogP contribution in [0.3, 0.4) is 0 Å². The van der Waals surface area contributed by atoms with Gasteiger partial charge in [-0.15, -0.1) is 5.10 Å². The minimum Gasteiger partial charge on any atom is -0.366 e. The van der Waals surface area contributed by atoms with Crippen molar-refractivity contribution in [2.24, 2.45) is 17.2 Å². The number of rotatable bonds is 6. The Kier molecular flexibility index (Phi) is 5.28. The van der Waals surface area contributed by atoms with E-state index in [4.69, 9.17) is 17.2 Å². The first kappa shape index (κ1) is 20.7. The van der Waals surface area contributed by atoms with Gasteiger partial charge in [-0.3, -0.25) is 9.59 Å². The quantitative estimate of drug-likeness (QED) is 0.464. The third-order valence-corrected chi connectivity index (χ3v) is 6.21. The molecule has 0 fully saturated rings. The predicted molar refractivity (Wildman–Crippen MR) is 114 cm³/mol. The first-order chi connectivity index (χ1) is 14.9. The molecule has 1 aliphatic rings. The van der Waals surface area contributed by atoms with Crippen LogP contribution < -0.4 is 17.2 Å². The summed E-state index contributed by atoms with van der Waals surface area (Å²) in [6.07, 6.45) is 2.59. The van der Waals surface area contributed by atoms with Gasteiger partial charge in [0.1, 0.15) is 0 Å². The van der Waals surface area contributed by atoms with Crippen molar-refractivity contribution in [2.75, 3.05) is 0 Å². The average molecular weight is 419 g/mol. The summed E-state index contributed by atoms with van der Waals surface area (Å²) in [5.41, 5.74) is 21.5. The molecule has 0 saturated carbocycles. The number of hydrogen-bond acceptors (Lipinski definition) is 6. The van der Waals surface area contributed by atoms with E-state index in [1.54, 1.807) is 12.1 Å². The maximum atomic E-state index is 11.8. The van der Waals surface area contributed by atoms with Crippen molar-refractivity contribution >= 4 is 11.8 Å². The topological polar surface area (TPSA) is 167 Å². The molecule has 1 aliphatic carbocycles. The molecule has 9 nitrogen and oxygen atoms in total. The minimum atomic E-state index is -0.785. The fourth-order valence-electron chi connectivity index (χ4n) is 4.60. The van der Waals surface area contributed by atoms with Gasteiger partial charge in [0.25, 0.3) is 0 Å². The predicted octanol–water partition coefficient (Wildman–Crippen LogP) is 0.958. The van der Waals surface area contributed by atoms with Gasteiger partial charge < -0.3 is 17.2 Å².